The summed E-state index contributed by atoms with van der Waals surface area (Å²) < 4.78 is 0. The number of phenols is 1. The maximum atomic E-state index is 11.7. The number of aromatic hydroxyl groups is 1. The van der Waals surface area contributed by atoms with Gasteiger partial charge in [0.1, 0.15) is 5.75 Å². The zero-order chi connectivity index (χ0) is 13.7. The summed E-state index contributed by atoms with van der Waals surface area (Å²) in [5.74, 6) is 0.138. The molecule has 0 unspecified atom stereocenters. The Kier molecular flexibility index (Phi) is 4.71. The molecule has 0 aliphatic heterocycles. The van der Waals surface area contributed by atoms with Gasteiger partial charge < -0.3 is 10.4 Å². The number of thioether (sulfide) groups is 1. The van der Waals surface area contributed by atoms with Gasteiger partial charge in [-0.2, -0.15) is 0 Å². The van der Waals surface area contributed by atoms with Gasteiger partial charge in [0.05, 0.1) is 10.8 Å². The number of rotatable bonds is 4. The van der Waals surface area contributed by atoms with E-state index in [1.807, 2.05) is 30.3 Å². The molecule has 0 radical (unpaired) electrons. The lowest BCUT2D eigenvalue weighted by atomic mass is 10.3. The third-order valence-electron chi connectivity index (χ3n) is 2.34. The van der Waals surface area contributed by atoms with Crippen LogP contribution in [0.3, 0.4) is 0 Å². The van der Waals surface area contributed by atoms with Gasteiger partial charge in [0, 0.05) is 16.6 Å². The van der Waals surface area contributed by atoms with E-state index in [1.54, 1.807) is 6.07 Å². The zero-order valence-corrected chi connectivity index (χ0v) is 11.5. The molecule has 0 spiro atoms. The van der Waals surface area contributed by atoms with Crippen LogP contribution in [0.25, 0.3) is 0 Å². The fraction of sp³-hybridized carbons (Fsp3) is 0.0714. The van der Waals surface area contributed by atoms with Gasteiger partial charge in [-0.15, -0.1) is 11.8 Å². The molecule has 0 aromatic heterocycles. The summed E-state index contributed by atoms with van der Waals surface area (Å²) in [6.07, 6.45) is 0. The van der Waals surface area contributed by atoms with Crippen molar-refractivity contribution >= 4 is 35.0 Å². The Hall–Kier alpha value is -1.65. The Labute approximate surface area is 120 Å². The van der Waals surface area contributed by atoms with Crippen molar-refractivity contribution in [3.63, 3.8) is 0 Å². The van der Waals surface area contributed by atoms with Gasteiger partial charge in [0.15, 0.2) is 0 Å². The summed E-state index contributed by atoms with van der Waals surface area (Å²) in [6, 6.07) is 14.3. The van der Waals surface area contributed by atoms with Gasteiger partial charge in [0.2, 0.25) is 5.91 Å². The molecule has 0 aliphatic rings. The SMILES string of the molecule is O=C(CSc1ccccc1)Nc1ccc(Cl)c(O)c1. The lowest BCUT2D eigenvalue weighted by molar-refractivity contribution is -0.113. The Morgan fingerprint density at radius 2 is 1.95 bits per heavy atom. The van der Waals surface area contributed by atoms with Gasteiger partial charge in [-0.25, -0.2) is 0 Å². The van der Waals surface area contributed by atoms with Crippen molar-refractivity contribution in [2.45, 2.75) is 4.90 Å². The summed E-state index contributed by atoms with van der Waals surface area (Å²) in [4.78, 5) is 12.8. The van der Waals surface area contributed by atoms with E-state index in [-0.39, 0.29) is 16.7 Å². The molecular formula is C14H12ClNO2S. The summed E-state index contributed by atoms with van der Waals surface area (Å²) >= 11 is 7.15. The number of amides is 1. The van der Waals surface area contributed by atoms with Gasteiger partial charge in [-0.05, 0) is 24.3 Å². The monoisotopic (exact) mass is 293 g/mol. The first-order valence-electron chi connectivity index (χ1n) is 5.61. The number of phenolic OH excluding ortho intramolecular Hbond substituents is 1. The predicted octanol–water partition coefficient (Wildman–Crippen LogP) is 3.78. The van der Waals surface area contributed by atoms with E-state index in [2.05, 4.69) is 5.32 Å². The van der Waals surface area contributed by atoms with Crippen LogP contribution in [0.5, 0.6) is 5.75 Å². The van der Waals surface area contributed by atoms with E-state index in [4.69, 9.17) is 11.6 Å². The van der Waals surface area contributed by atoms with Gasteiger partial charge in [-0.1, -0.05) is 29.8 Å². The highest BCUT2D eigenvalue weighted by atomic mass is 35.5. The van der Waals surface area contributed by atoms with Crippen LogP contribution in [0.15, 0.2) is 53.4 Å². The van der Waals surface area contributed by atoms with Crippen LogP contribution in [-0.4, -0.2) is 16.8 Å². The number of hydrogen-bond acceptors (Lipinski definition) is 3. The van der Waals surface area contributed by atoms with E-state index in [0.29, 0.717) is 11.4 Å². The summed E-state index contributed by atoms with van der Waals surface area (Å²) in [5, 5.41) is 12.4. The molecule has 2 rings (SSSR count). The van der Waals surface area contributed by atoms with E-state index < -0.39 is 0 Å². The minimum absolute atomic E-state index is 0.0461. The molecule has 2 aromatic carbocycles. The highest BCUT2D eigenvalue weighted by Crippen LogP contribution is 2.26. The van der Waals surface area contributed by atoms with Crippen LogP contribution < -0.4 is 5.32 Å². The lowest BCUT2D eigenvalue weighted by Gasteiger charge is -2.06. The largest absolute Gasteiger partial charge is 0.506 e. The summed E-state index contributed by atoms with van der Waals surface area (Å²) in [5.41, 5.74) is 0.528. The molecule has 0 heterocycles. The van der Waals surface area contributed by atoms with Crippen molar-refractivity contribution in [2.75, 3.05) is 11.1 Å². The van der Waals surface area contributed by atoms with Crippen molar-refractivity contribution in [1.82, 2.24) is 0 Å². The Morgan fingerprint density at radius 1 is 1.21 bits per heavy atom. The minimum atomic E-state index is -0.129. The Morgan fingerprint density at radius 3 is 2.63 bits per heavy atom. The fourth-order valence-electron chi connectivity index (χ4n) is 1.45. The number of nitrogens with one attached hydrogen (secondary N) is 1. The van der Waals surface area contributed by atoms with Crippen molar-refractivity contribution in [1.29, 1.82) is 0 Å². The predicted molar refractivity (Wildman–Crippen MR) is 78.9 cm³/mol. The first-order chi connectivity index (χ1) is 9.15. The molecule has 5 heteroatoms. The van der Waals surface area contributed by atoms with Gasteiger partial charge >= 0.3 is 0 Å². The molecule has 0 aliphatic carbocycles. The lowest BCUT2D eigenvalue weighted by Crippen LogP contribution is -2.13. The normalized spacial score (nSPS) is 10.2. The smallest absolute Gasteiger partial charge is 0.234 e. The molecule has 2 aromatic rings. The molecule has 0 saturated heterocycles. The average Bonchev–Trinajstić information content (AvgIpc) is 2.42. The van der Waals surface area contributed by atoms with E-state index >= 15 is 0 Å². The minimum Gasteiger partial charge on any atom is -0.506 e. The van der Waals surface area contributed by atoms with Crippen LogP contribution in [0, 0.1) is 0 Å². The third kappa shape index (κ3) is 4.19. The summed E-state index contributed by atoms with van der Waals surface area (Å²) in [7, 11) is 0. The number of hydrogen-bond donors (Lipinski definition) is 2. The number of anilines is 1. The molecule has 0 atom stereocenters. The highest BCUT2D eigenvalue weighted by molar-refractivity contribution is 8.00. The van der Waals surface area contributed by atoms with Gasteiger partial charge in [0.25, 0.3) is 0 Å². The zero-order valence-electron chi connectivity index (χ0n) is 9.97. The van der Waals surface area contributed by atoms with E-state index in [0.717, 1.165) is 4.90 Å². The molecule has 2 N–H and O–H groups in total. The second kappa shape index (κ2) is 6.50. The molecule has 19 heavy (non-hydrogen) atoms. The van der Waals surface area contributed by atoms with Crippen molar-refractivity contribution in [3.05, 3.63) is 53.6 Å². The number of benzene rings is 2. The first kappa shape index (κ1) is 13.8. The quantitative estimate of drug-likeness (QED) is 0.844. The van der Waals surface area contributed by atoms with Crippen molar-refractivity contribution in [2.24, 2.45) is 0 Å². The maximum absolute atomic E-state index is 11.7. The second-order valence-electron chi connectivity index (χ2n) is 3.82. The number of carbonyl (C=O) groups is 1. The standard InChI is InChI=1S/C14H12ClNO2S/c15-12-7-6-10(8-13(12)17)16-14(18)9-19-11-4-2-1-3-5-11/h1-8,17H,9H2,(H,16,18). The van der Waals surface area contributed by atoms with Crippen LogP contribution >= 0.6 is 23.4 Å². The Balaban J connectivity index is 1.89. The molecule has 98 valence electrons. The topological polar surface area (TPSA) is 49.3 Å². The molecular weight excluding hydrogens is 282 g/mol. The number of halogens is 1. The maximum Gasteiger partial charge on any atom is 0.234 e. The molecule has 0 fully saturated rings. The van der Waals surface area contributed by atoms with Crippen molar-refractivity contribution < 1.29 is 9.90 Å². The van der Waals surface area contributed by atoms with Crippen molar-refractivity contribution in [3.8, 4) is 5.75 Å². The van der Waals surface area contributed by atoms with Crippen LogP contribution in [-0.2, 0) is 4.79 Å². The third-order valence-corrected chi connectivity index (χ3v) is 3.67. The molecule has 0 saturated carbocycles. The Bertz CT molecular complexity index is 575. The average molecular weight is 294 g/mol. The van der Waals surface area contributed by atoms with E-state index in [9.17, 15) is 9.90 Å². The van der Waals surface area contributed by atoms with Gasteiger partial charge in [-0.3, -0.25) is 4.79 Å². The van der Waals surface area contributed by atoms with Crippen LogP contribution in [0.1, 0.15) is 0 Å². The first-order valence-corrected chi connectivity index (χ1v) is 6.98. The fourth-order valence-corrected chi connectivity index (χ4v) is 2.29. The molecule has 0 bridgehead atoms. The highest BCUT2D eigenvalue weighted by Gasteiger charge is 2.05. The van der Waals surface area contributed by atoms with Crippen LogP contribution in [0.2, 0.25) is 5.02 Å². The van der Waals surface area contributed by atoms with E-state index in [1.165, 1.54) is 23.9 Å². The molecule has 3 nitrogen and oxygen atoms in total. The summed E-state index contributed by atoms with van der Waals surface area (Å²) in [6.45, 7) is 0. The number of carbonyl (C=O) groups excluding carboxylic acids is 1. The van der Waals surface area contributed by atoms with Crippen LogP contribution in [0.4, 0.5) is 5.69 Å². The molecule has 1 amide bonds. The second-order valence-corrected chi connectivity index (χ2v) is 5.27.